The summed E-state index contributed by atoms with van der Waals surface area (Å²) in [4.78, 5) is 22.9. The fraction of sp³-hybridized carbons (Fsp3) is 0.333. The second-order valence-electron chi connectivity index (χ2n) is 3.38. The van der Waals surface area contributed by atoms with Crippen molar-refractivity contribution < 1.29 is 24.2 Å². The number of carbonyl (C=O) groups excluding carboxylic acids is 2. The minimum absolute atomic E-state index is 0.452. The average molecular weight is 238 g/mol. The van der Waals surface area contributed by atoms with Crippen LogP contribution in [0.2, 0.25) is 0 Å². The molecule has 1 rings (SSSR count). The summed E-state index contributed by atoms with van der Waals surface area (Å²) < 4.78 is 8.96. The maximum Gasteiger partial charge on any atom is 0.323 e. The molecule has 1 unspecified atom stereocenters. The summed E-state index contributed by atoms with van der Waals surface area (Å²) in [5, 5.41) is 9.98. The first kappa shape index (κ1) is 13.2. The van der Waals surface area contributed by atoms with Gasteiger partial charge in [0.15, 0.2) is 5.92 Å². The number of methoxy groups -OCH3 is 2. The molecule has 0 saturated carbocycles. The molecule has 0 saturated heterocycles. The summed E-state index contributed by atoms with van der Waals surface area (Å²) in [7, 11) is 2.30. The van der Waals surface area contributed by atoms with Gasteiger partial charge in [0, 0.05) is 0 Å². The number of rotatable bonds is 4. The Morgan fingerprint density at radius 1 is 1.06 bits per heavy atom. The Hall–Kier alpha value is -1.88. The third-order valence-corrected chi connectivity index (χ3v) is 2.37. The highest BCUT2D eigenvalue weighted by Crippen LogP contribution is 2.24. The smallest absolute Gasteiger partial charge is 0.323 e. The number of hydrogen-bond donors (Lipinski definition) is 1. The van der Waals surface area contributed by atoms with Gasteiger partial charge in [-0.2, -0.15) is 0 Å². The zero-order valence-electron chi connectivity index (χ0n) is 9.62. The van der Waals surface area contributed by atoms with E-state index in [9.17, 15) is 14.7 Å². The Morgan fingerprint density at radius 3 is 1.94 bits per heavy atom. The van der Waals surface area contributed by atoms with Crippen LogP contribution in [0.4, 0.5) is 0 Å². The molecule has 5 nitrogen and oxygen atoms in total. The highest BCUT2D eigenvalue weighted by atomic mass is 16.5. The van der Waals surface area contributed by atoms with Crippen molar-refractivity contribution in [2.75, 3.05) is 14.2 Å². The highest BCUT2D eigenvalue weighted by molar-refractivity contribution is 5.95. The molecule has 0 bridgehead atoms. The van der Waals surface area contributed by atoms with Crippen LogP contribution in [-0.4, -0.2) is 31.3 Å². The fourth-order valence-corrected chi connectivity index (χ4v) is 1.45. The van der Waals surface area contributed by atoms with Crippen LogP contribution < -0.4 is 0 Å². The monoisotopic (exact) mass is 238 g/mol. The summed E-state index contributed by atoms with van der Waals surface area (Å²) in [6.07, 6.45) is -1.28. The van der Waals surface area contributed by atoms with Crippen LogP contribution >= 0.6 is 0 Å². The van der Waals surface area contributed by atoms with Crippen molar-refractivity contribution >= 4 is 11.9 Å². The molecule has 0 fully saturated rings. The zero-order chi connectivity index (χ0) is 12.8. The highest BCUT2D eigenvalue weighted by Gasteiger charge is 2.36. The first-order valence-corrected chi connectivity index (χ1v) is 5.00. The minimum Gasteiger partial charge on any atom is -0.468 e. The summed E-state index contributed by atoms with van der Waals surface area (Å²) in [6.45, 7) is 0. The van der Waals surface area contributed by atoms with Gasteiger partial charge in [0.1, 0.15) is 6.10 Å². The van der Waals surface area contributed by atoms with E-state index < -0.39 is 24.0 Å². The molecule has 0 spiro atoms. The average Bonchev–Trinajstić information content (AvgIpc) is 2.39. The molecule has 1 aromatic carbocycles. The Balaban J connectivity index is 2.99. The van der Waals surface area contributed by atoms with E-state index in [1.54, 1.807) is 30.3 Å². The molecule has 0 amide bonds. The normalized spacial score (nSPS) is 12.0. The lowest BCUT2D eigenvalue weighted by atomic mass is 9.96. The van der Waals surface area contributed by atoms with Crippen LogP contribution in [0.3, 0.4) is 0 Å². The first-order valence-electron chi connectivity index (χ1n) is 5.00. The SMILES string of the molecule is COC(=O)C(C(=O)OC)C(O)c1ccccc1. The lowest BCUT2D eigenvalue weighted by Crippen LogP contribution is -2.32. The lowest BCUT2D eigenvalue weighted by Gasteiger charge is -2.18. The number of carbonyl (C=O) groups is 2. The van der Waals surface area contributed by atoms with Gasteiger partial charge in [-0.05, 0) is 5.56 Å². The maximum absolute atomic E-state index is 11.4. The predicted octanol–water partition coefficient (Wildman–Crippen LogP) is 0.682. The van der Waals surface area contributed by atoms with E-state index in [1.807, 2.05) is 0 Å². The van der Waals surface area contributed by atoms with Crippen LogP contribution in [0.1, 0.15) is 11.7 Å². The molecule has 17 heavy (non-hydrogen) atoms. The quantitative estimate of drug-likeness (QED) is 0.617. The maximum atomic E-state index is 11.4. The van der Waals surface area contributed by atoms with E-state index in [1.165, 1.54) is 0 Å². The zero-order valence-corrected chi connectivity index (χ0v) is 9.62. The van der Waals surface area contributed by atoms with Crippen LogP contribution in [0.25, 0.3) is 0 Å². The Morgan fingerprint density at radius 2 is 1.53 bits per heavy atom. The molecule has 0 aliphatic carbocycles. The van der Waals surface area contributed by atoms with Gasteiger partial charge in [0.05, 0.1) is 14.2 Å². The lowest BCUT2D eigenvalue weighted by molar-refractivity contribution is -0.164. The van der Waals surface area contributed by atoms with Gasteiger partial charge in [-0.15, -0.1) is 0 Å². The van der Waals surface area contributed by atoms with Crippen molar-refractivity contribution in [1.82, 2.24) is 0 Å². The van der Waals surface area contributed by atoms with Crippen molar-refractivity contribution in [3.63, 3.8) is 0 Å². The van der Waals surface area contributed by atoms with Crippen molar-refractivity contribution in [3.05, 3.63) is 35.9 Å². The number of aliphatic hydroxyl groups excluding tert-OH is 1. The topological polar surface area (TPSA) is 72.8 Å². The van der Waals surface area contributed by atoms with E-state index in [0.29, 0.717) is 5.56 Å². The van der Waals surface area contributed by atoms with Gasteiger partial charge in [-0.1, -0.05) is 30.3 Å². The van der Waals surface area contributed by atoms with E-state index in [0.717, 1.165) is 14.2 Å². The Kier molecular flexibility index (Phi) is 4.66. The molecular weight excluding hydrogens is 224 g/mol. The molecule has 0 radical (unpaired) electrons. The summed E-state index contributed by atoms with van der Waals surface area (Å²) in [6, 6.07) is 8.39. The molecule has 92 valence electrons. The molecular formula is C12H14O5. The van der Waals surface area contributed by atoms with Crippen molar-refractivity contribution in [2.45, 2.75) is 6.10 Å². The van der Waals surface area contributed by atoms with E-state index in [-0.39, 0.29) is 0 Å². The summed E-state index contributed by atoms with van der Waals surface area (Å²) in [5.74, 6) is -3.02. The fourth-order valence-electron chi connectivity index (χ4n) is 1.45. The molecule has 0 aliphatic rings. The number of aliphatic hydroxyl groups is 1. The second kappa shape index (κ2) is 6.00. The minimum atomic E-state index is -1.37. The van der Waals surface area contributed by atoms with Crippen LogP contribution in [0.15, 0.2) is 30.3 Å². The number of benzene rings is 1. The third-order valence-electron chi connectivity index (χ3n) is 2.37. The Labute approximate surface area is 99.0 Å². The van der Waals surface area contributed by atoms with E-state index in [4.69, 9.17) is 0 Å². The van der Waals surface area contributed by atoms with Gasteiger partial charge in [-0.3, -0.25) is 9.59 Å². The summed E-state index contributed by atoms with van der Waals surface area (Å²) >= 11 is 0. The van der Waals surface area contributed by atoms with Crippen LogP contribution in [0, 0.1) is 5.92 Å². The van der Waals surface area contributed by atoms with Gasteiger partial charge in [0.2, 0.25) is 0 Å². The molecule has 0 aromatic heterocycles. The Bertz CT molecular complexity index is 371. The predicted molar refractivity (Wildman–Crippen MR) is 58.9 cm³/mol. The van der Waals surface area contributed by atoms with E-state index >= 15 is 0 Å². The second-order valence-corrected chi connectivity index (χ2v) is 3.38. The van der Waals surface area contributed by atoms with Gasteiger partial charge in [-0.25, -0.2) is 0 Å². The van der Waals surface area contributed by atoms with Crippen LogP contribution in [-0.2, 0) is 19.1 Å². The van der Waals surface area contributed by atoms with Gasteiger partial charge < -0.3 is 14.6 Å². The molecule has 1 N–H and O–H groups in total. The van der Waals surface area contributed by atoms with Crippen molar-refractivity contribution in [3.8, 4) is 0 Å². The number of hydrogen-bond acceptors (Lipinski definition) is 5. The van der Waals surface area contributed by atoms with Gasteiger partial charge in [0.25, 0.3) is 0 Å². The van der Waals surface area contributed by atoms with E-state index in [2.05, 4.69) is 9.47 Å². The molecule has 1 atom stereocenters. The largest absolute Gasteiger partial charge is 0.468 e. The molecule has 0 heterocycles. The molecule has 1 aromatic rings. The standard InChI is InChI=1S/C12H14O5/c1-16-11(14)9(12(15)17-2)10(13)8-6-4-3-5-7-8/h3-7,9-10,13H,1-2H3. The molecule has 0 aliphatic heterocycles. The van der Waals surface area contributed by atoms with Crippen molar-refractivity contribution in [2.24, 2.45) is 5.92 Å². The first-order chi connectivity index (χ1) is 8.11. The number of ether oxygens (including phenoxy) is 2. The molecule has 5 heteroatoms. The van der Waals surface area contributed by atoms with Gasteiger partial charge >= 0.3 is 11.9 Å². The van der Waals surface area contributed by atoms with Crippen LogP contribution in [0.5, 0.6) is 0 Å². The van der Waals surface area contributed by atoms with Crippen molar-refractivity contribution in [1.29, 1.82) is 0 Å². The third kappa shape index (κ3) is 3.04. The number of esters is 2. The summed E-state index contributed by atoms with van der Waals surface area (Å²) in [5.41, 5.74) is 0.452.